The van der Waals surface area contributed by atoms with Crippen LogP contribution in [0.5, 0.6) is 0 Å². The first kappa shape index (κ1) is 20.2. The molecule has 0 N–H and O–H groups in total. The van der Waals surface area contributed by atoms with Crippen LogP contribution in [0.4, 0.5) is 10.1 Å². The van der Waals surface area contributed by atoms with Crippen LogP contribution < -0.4 is 4.90 Å². The number of anilines is 1. The van der Waals surface area contributed by atoms with E-state index in [1.54, 1.807) is 12.1 Å². The van der Waals surface area contributed by atoms with Gasteiger partial charge < -0.3 is 9.80 Å². The van der Waals surface area contributed by atoms with Crippen LogP contribution >= 0.6 is 11.6 Å². The topological polar surface area (TPSA) is 26.8 Å². The highest BCUT2D eigenvalue weighted by Crippen LogP contribution is 2.26. The lowest BCUT2D eigenvalue weighted by molar-refractivity contribution is -0.137. The summed E-state index contributed by atoms with van der Waals surface area (Å²) in [5.74, 6) is -0.0531. The quantitative estimate of drug-likeness (QED) is 0.754. The molecule has 6 heteroatoms. The van der Waals surface area contributed by atoms with Gasteiger partial charge in [-0.1, -0.05) is 35.9 Å². The summed E-state index contributed by atoms with van der Waals surface area (Å²) < 4.78 is 14.1. The number of piperazine rings is 1. The summed E-state index contributed by atoms with van der Waals surface area (Å²) in [6, 6.07) is 15.1. The van der Waals surface area contributed by atoms with Crippen molar-refractivity contribution >= 4 is 23.2 Å². The average molecular weight is 416 g/mol. The lowest BCUT2D eigenvalue weighted by atomic mass is 9.95. The largest absolute Gasteiger partial charge is 0.368 e. The van der Waals surface area contributed by atoms with Gasteiger partial charge in [0.25, 0.3) is 0 Å². The lowest BCUT2D eigenvalue weighted by Gasteiger charge is -2.39. The number of piperidine rings is 1. The molecule has 2 heterocycles. The summed E-state index contributed by atoms with van der Waals surface area (Å²) in [5, 5.41) is 0.454. The SMILES string of the molecule is O=C(C1CCCN(Cc2c(F)cccc2Cl)C1)N1CCN(c2ccccc2)CC1. The molecular weight excluding hydrogens is 389 g/mol. The summed E-state index contributed by atoms with van der Waals surface area (Å²) in [7, 11) is 0. The average Bonchev–Trinajstić information content (AvgIpc) is 2.77. The molecule has 2 aliphatic heterocycles. The molecule has 0 bridgehead atoms. The summed E-state index contributed by atoms with van der Waals surface area (Å²) in [5.41, 5.74) is 1.74. The predicted octanol–water partition coefficient (Wildman–Crippen LogP) is 4.04. The Balaban J connectivity index is 1.33. The van der Waals surface area contributed by atoms with E-state index in [1.165, 1.54) is 11.8 Å². The van der Waals surface area contributed by atoms with Gasteiger partial charge in [-0.2, -0.15) is 0 Å². The third kappa shape index (κ3) is 4.73. The van der Waals surface area contributed by atoms with Crippen molar-refractivity contribution in [2.45, 2.75) is 19.4 Å². The number of rotatable bonds is 4. The molecule has 2 aromatic carbocycles. The molecule has 2 saturated heterocycles. The van der Waals surface area contributed by atoms with Gasteiger partial charge in [0.05, 0.1) is 5.92 Å². The zero-order valence-electron chi connectivity index (χ0n) is 16.6. The van der Waals surface area contributed by atoms with E-state index in [1.807, 2.05) is 23.1 Å². The molecule has 1 unspecified atom stereocenters. The number of benzene rings is 2. The normalized spacial score (nSPS) is 20.7. The van der Waals surface area contributed by atoms with Crippen LogP contribution in [-0.4, -0.2) is 55.0 Å². The first-order chi connectivity index (χ1) is 14.1. The standard InChI is InChI=1S/C23H27ClFN3O/c24-21-9-4-10-22(25)20(21)17-26-11-5-6-18(16-26)23(29)28-14-12-27(13-15-28)19-7-2-1-3-8-19/h1-4,7-10,18H,5-6,11-17H2. The molecule has 0 radical (unpaired) electrons. The Morgan fingerprint density at radius 1 is 1.00 bits per heavy atom. The Morgan fingerprint density at radius 2 is 1.76 bits per heavy atom. The minimum Gasteiger partial charge on any atom is -0.368 e. The van der Waals surface area contributed by atoms with E-state index >= 15 is 0 Å². The molecule has 2 aromatic rings. The van der Waals surface area contributed by atoms with Gasteiger partial charge in [-0.05, 0) is 43.7 Å². The first-order valence-corrected chi connectivity index (χ1v) is 10.7. The summed E-state index contributed by atoms with van der Waals surface area (Å²) in [6.45, 7) is 5.22. The molecule has 1 amide bonds. The molecule has 1 atom stereocenters. The van der Waals surface area contributed by atoms with Crippen molar-refractivity contribution in [3.05, 3.63) is 64.9 Å². The molecule has 29 heavy (non-hydrogen) atoms. The van der Waals surface area contributed by atoms with Gasteiger partial charge >= 0.3 is 0 Å². The molecular formula is C23H27ClFN3O. The fourth-order valence-electron chi connectivity index (χ4n) is 4.39. The molecule has 2 aliphatic rings. The maximum atomic E-state index is 14.1. The molecule has 0 aromatic heterocycles. The maximum absolute atomic E-state index is 14.1. The van der Waals surface area contributed by atoms with Crippen LogP contribution in [-0.2, 0) is 11.3 Å². The van der Waals surface area contributed by atoms with E-state index in [0.29, 0.717) is 23.7 Å². The van der Waals surface area contributed by atoms with Gasteiger partial charge in [-0.3, -0.25) is 9.69 Å². The van der Waals surface area contributed by atoms with Gasteiger partial charge in [0.1, 0.15) is 5.82 Å². The van der Waals surface area contributed by atoms with E-state index in [0.717, 1.165) is 45.6 Å². The highest BCUT2D eigenvalue weighted by Gasteiger charge is 2.31. The highest BCUT2D eigenvalue weighted by atomic mass is 35.5. The number of hydrogen-bond donors (Lipinski definition) is 0. The Hall–Kier alpha value is -2.11. The lowest BCUT2D eigenvalue weighted by Crippen LogP contribution is -2.52. The van der Waals surface area contributed by atoms with Crippen molar-refractivity contribution < 1.29 is 9.18 Å². The van der Waals surface area contributed by atoms with E-state index in [-0.39, 0.29) is 17.6 Å². The number of likely N-dealkylation sites (tertiary alicyclic amines) is 1. The maximum Gasteiger partial charge on any atom is 0.227 e. The van der Waals surface area contributed by atoms with Crippen molar-refractivity contribution in [1.82, 2.24) is 9.80 Å². The highest BCUT2D eigenvalue weighted by molar-refractivity contribution is 6.31. The molecule has 4 nitrogen and oxygen atoms in total. The summed E-state index contributed by atoms with van der Waals surface area (Å²) in [4.78, 5) is 19.6. The van der Waals surface area contributed by atoms with E-state index in [2.05, 4.69) is 21.9 Å². The Morgan fingerprint density at radius 3 is 2.48 bits per heavy atom. The number of carbonyl (C=O) groups is 1. The van der Waals surface area contributed by atoms with Crippen molar-refractivity contribution in [3.63, 3.8) is 0 Å². The van der Waals surface area contributed by atoms with E-state index in [9.17, 15) is 9.18 Å². The number of nitrogens with zero attached hydrogens (tertiary/aromatic N) is 3. The number of amides is 1. The third-order valence-corrected chi connectivity index (χ3v) is 6.36. The zero-order chi connectivity index (χ0) is 20.2. The summed E-state index contributed by atoms with van der Waals surface area (Å²) >= 11 is 6.19. The molecule has 4 rings (SSSR count). The number of carbonyl (C=O) groups excluding carboxylic acids is 1. The van der Waals surface area contributed by atoms with Gasteiger partial charge in [0.15, 0.2) is 0 Å². The predicted molar refractivity (Wildman–Crippen MR) is 115 cm³/mol. The van der Waals surface area contributed by atoms with Gasteiger partial charge in [-0.25, -0.2) is 4.39 Å². The second-order valence-corrected chi connectivity index (χ2v) is 8.33. The second-order valence-electron chi connectivity index (χ2n) is 7.92. The molecule has 0 saturated carbocycles. The minimum absolute atomic E-state index is 0.0161. The van der Waals surface area contributed by atoms with Crippen LogP contribution in [0.15, 0.2) is 48.5 Å². The molecule has 2 fully saturated rings. The fourth-order valence-corrected chi connectivity index (χ4v) is 4.61. The number of para-hydroxylation sites is 1. The van der Waals surface area contributed by atoms with Crippen molar-refractivity contribution in [2.75, 3.05) is 44.2 Å². The number of hydrogen-bond acceptors (Lipinski definition) is 3. The van der Waals surface area contributed by atoms with Gasteiger partial charge in [-0.15, -0.1) is 0 Å². The van der Waals surface area contributed by atoms with Crippen LogP contribution in [0.2, 0.25) is 5.02 Å². The smallest absolute Gasteiger partial charge is 0.227 e. The molecule has 0 aliphatic carbocycles. The minimum atomic E-state index is -0.275. The zero-order valence-corrected chi connectivity index (χ0v) is 17.3. The van der Waals surface area contributed by atoms with Crippen LogP contribution in [0.3, 0.4) is 0 Å². The van der Waals surface area contributed by atoms with Crippen LogP contribution in [0.25, 0.3) is 0 Å². The third-order valence-electron chi connectivity index (χ3n) is 6.01. The second kappa shape index (κ2) is 9.14. The van der Waals surface area contributed by atoms with Crippen LogP contribution in [0.1, 0.15) is 18.4 Å². The first-order valence-electron chi connectivity index (χ1n) is 10.4. The Labute approximate surface area is 176 Å². The van der Waals surface area contributed by atoms with Crippen molar-refractivity contribution in [3.8, 4) is 0 Å². The molecule has 0 spiro atoms. The van der Waals surface area contributed by atoms with Gasteiger partial charge in [0, 0.05) is 55.5 Å². The Bertz CT molecular complexity index is 819. The number of halogens is 2. The van der Waals surface area contributed by atoms with E-state index in [4.69, 9.17) is 11.6 Å². The van der Waals surface area contributed by atoms with Crippen molar-refractivity contribution in [1.29, 1.82) is 0 Å². The van der Waals surface area contributed by atoms with Crippen molar-refractivity contribution in [2.24, 2.45) is 5.92 Å². The fraction of sp³-hybridized carbons (Fsp3) is 0.435. The monoisotopic (exact) mass is 415 g/mol. The Kier molecular flexibility index (Phi) is 6.36. The van der Waals surface area contributed by atoms with E-state index < -0.39 is 0 Å². The van der Waals surface area contributed by atoms with Crippen LogP contribution in [0, 0.1) is 11.7 Å². The summed E-state index contributed by atoms with van der Waals surface area (Å²) in [6.07, 6.45) is 1.85. The molecule has 154 valence electrons. The van der Waals surface area contributed by atoms with Gasteiger partial charge in [0.2, 0.25) is 5.91 Å².